The number of carbonyl (C=O) groups excluding carboxylic acids is 2. The highest BCUT2D eigenvalue weighted by Gasteiger charge is 2.33. The fourth-order valence-electron chi connectivity index (χ4n) is 2.45. The number of fused-ring (bicyclic) bond motifs is 1. The molecule has 1 heterocycles. The lowest BCUT2D eigenvalue weighted by molar-refractivity contribution is -0.152. The minimum absolute atomic E-state index is 0.0800. The molecule has 3 rings (SSSR count). The van der Waals surface area contributed by atoms with Crippen LogP contribution in [0.5, 0.6) is 0 Å². The average molecular weight is 284 g/mol. The molecule has 0 amide bonds. The van der Waals surface area contributed by atoms with Crippen LogP contribution >= 0.6 is 0 Å². The van der Waals surface area contributed by atoms with Crippen molar-refractivity contribution in [2.24, 2.45) is 5.73 Å². The van der Waals surface area contributed by atoms with Crippen LogP contribution in [0.2, 0.25) is 0 Å². The number of allylic oxidation sites excluding steroid dienone is 3. The molecule has 0 spiro atoms. The van der Waals surface area contributed by atoms with Gasteiger partial charge in [0.05, 0.1) is 6.04 Å². The molecule has 0 saturated heterocycles. The first kappa shape index (κ1) is 13.6. The van der Waals surface area contributed by atoms with E-state index in [-0.39, 0.29) is 11.8 Å². The van der Waals surface area contributed by atoms with Crippen LogP contribution in [-0.4, -0.2) is 29.9 Å². The number of ether oxygens (including phenoxy) is 1. The van der Waals surface area contributed by atoms with Crippen LogP contribution in [0.3, 0.4) is 0 Å². The summed E-state index contributed by atoms with van der Waals surface area (Å²) in [6.07, 6.45) is 12.0. The second-order valence-corrected chi connectivity index (χ2v) is 5.22. The lowest BCUT2D eigenvalue weighted by Crippen LogP contribution is -2.41. The molecular weight excluding hydrogens is 268 g/mol. The van der Waals surface area contributed by atoms with Gasteiger partial charge < -0.3 is 15.8 Å². The topological polar surface area (TPSA) is 81.4 Å². The first-order valence-electron chi connectivity index (χ1n) is 6.81. The molecule has 21 heavy (non-hydrogen) atoms. The van der Waals surface area contributed by atoms with Gasteiger partial charge in [0, 0.05) is 11.3 Å². The van der Waals surface area contributed by atoms with E-state index in [1.165, 1.54) is 13.0 Å². The van der Waals surface area contributed by atoms with Gasteiger partial charge >= 0.3 is 5.97 Å². The highest BCUT2D eigenvalue weighted by molar-refractivity contribution is 6.00. The van der Waals surface area contributed by atoms with E-state index in [2.05, 4.69) is 5.32 Å². The van der Waals surface area contributed by atoms with Crippen LogP contribution in [0, 0.1) is 0 Å². The van der Waals surface area contributed by atoms with Crippen LogP contribution in [0.1, 0.15) is 6.92 Å². The van der Waals surface area contributed by atoms with Crippen molar-refractivity contribution in [3.8, 4) is 0 Å². The third-order valence-electron chi connectivity index (χ3n) is 3.57. The maximum atomic E-state index is 12.0. The van der Waals surface area contributed by atoms with E-state index in [9.17, 15) is 9.59 Å². The normalized spacial score (nSPS) is 27.5. The molecule has 1 aliphatic heterocycles. The van der Waals surface area contributed by atoms with Crippen molar-refractivity contribution < 1.29 is 14.3 Å². The smallest absolute Gasteiger partial charge is 0.323 e. The van der Waals surface area contributed by atoms with Gasteiger partial charge in [-0.3, -0.25) is 9.59 Å². The minimum atomic E-state index is -0.927. The summed E-state index contributed by atoms with van der Waals surface area (Å²) in [5.74, 6) is -0.842. The Morgan fingerprint density at radius 2 is 2.14 bits per heavy atom. The van der Waals surface area contributed by atoms with Crippen LogP contribution in [-0.2, 0) is 14.3 Å². The Morgan fingerprint density at radius 1 is 1.33 bits per heavy atom. The Bertz CT molecular complexity index is 650. The van der Waals surface area contributed by atoms with E-state index < -0.39 is 18.1 Å². The number of esters is 1. The molecule has 3 aliphatic rings. The molecule has 108 valence electrons. The molecule has 0 fully saturated rings. The summed E-state index contributed by atoms with van der Waals surface area (Å²) in [7, 11) is 0. The zero-order valence-electron chi connectivity index (χ0n) is 11.6. The fraction of sp³-hybridized carbons (Fsp3) is 0.250. The fourth-order valence-corrected chi connectivity index (χ4v) is 2.45. The zero-order chi connectivity index (χ0) is 15.0. The van der Waals surface area contributed by atoms with Crippen molar-refractivity contribution in [1.29, 1.82) is 0 Å². The van der Waals surface area contributed by atoms with Gasteiger partial charge in [-0.15, -0.1) is 0 Å². The summed E-state index contributed by atoms with van der Waals surface area (Å²) in [4.78, 5) is 23.7. The zero-order valence-corrected chi connectivity index (χ0v) is 11.6. The summed E-state index contributed by atoms with van der Waals surface area (Å²) < 4.78 is 5.26. The van der Waals surface area contributed by atoms with Crippen LogP contribution in [0.25, 0.3) is 0 Å². The lowest BCUT2D eigenvalue weighted by atomic mass is 9.88. The Labute approximate surface area is 122 Å². The summed E-state index contributed by atoms with van der Waals surface area (Å²) in [6, 6.07) is -0.682. The molecule has 0 radical (unpaired) electrons. The predicted octanol–water partition coefficient (Wildman–Crippen LogP) is 0.663. The van der Waals surface area contributed by atoms with E-state index in [4.69, 9.17) is 10.5 Å². The molecule has 0 aromatic carbocycles. The lowest BCUT2D eigenvalue weighted by Gasteiger charge is -2.31. The number of hydrogen-bond donors (Lipinski definition) is 2. The Hall–Kier alpha value is -2.40. The number of rotatable bonds is 2. The summed E-state index contributed by atoms with van der Waals surface area (Å²) >= 11 is 0. The molecule has 2 aliphatic carbocycles. The maximum absolute atomic E-state index is 12.0. The molecule has 0 saturated carbocycles. The molecule has 5 heteroatoms. The first-order valence-corrected chi connectivity index (χ1v) is 6.81. The van der Waals surface area contributed by atoms with Gasteiger partial charge in [-0.1, -0.05) is 24.3 Å². The highest BCUT2D eigenvalue weighted by atomic mass is 16.5. The van der Waals surface area contributed by atoms with Crippen LogP contribution in [0.15, 0.2) is 59.4 Å². The van der Waals surface area contributed by atoms with Gasteiger partial charge in [0.15, 0.2) is 6.10 Å². The molecule has 0 aromatic rings. The molecule has 2 unspecified atom stereocenters. The van der Waals surface area contributed by atoms with Gasteiger partial charge in [-0.25, -0.2) is 0 Å². The number of dihydropyridines is 1. The third kappa shape index (κ3) is 2.48. The second kappa shape index (κ2) is 5.18. The second-order valence-electron chi connectivity index (χ2n) is 5.22. The van der Waals surface area contributed by atoms with Crippen molar-refractivity contribution in [2.45, 2.75) is 25.1 Å². The Balaban J connectivity index is 1.93. The molecule has 0 bridgehead atoms. The largest absolute Gasteiger partial charge is 0.448 e. The number of nitrogens with one attached hydrogen (secondary N) is 1. The summed E-state index contributed by atoms with van der Waals surface area (Å²) in [5, 5.41) is 3.32. The van der Waals surface area contributed by atoms with Gasteiger partial charge in [-0.05, 0) is 30.7 Å². The minimum Gasteiger partial charge on any atom is -0.448 e. The van der Waals surface area contributed by atoms with Crippen LogP contribution < -0.4 is 11.1 Å². The van der Waals surface area contributed by atoms with Crippen molar-refractivity contribution in [3.63, 3.8) is 0 Å². The Kier molecular flexibility index (Phi) is 3.35. The maximum Gasteiger partial charge on any atom is 0.323 e. The average Bonchev–Trinajstić information content (AvgIpc) is 2.48. The van der Waals surface area contributed by atoms with Crippen LogP contribution in [0.4, 0.5) is 0 Å². The quantitative estimate of drug-likeness (QED) is 0.728. The molecule has 3 atom stereocenters. The van der Waals surface area contributed by atoms with Gasteiger partial charge in [-0.2, -0.15) is 0 Å². The van der Waals surface area contributed by atoms with E-state index in [1.807, 2.05) is 30.4 Å². The molecule has 3 N–H and O–H groups in total. The van der Waals surface area contributed by atoms with Crippen molar-refractivity contribution in [3.05, 3.63) is 59.4 Å². The first-order chi connectivity index (χ1) is 10.1. The van der Waals surface area contributed by atoms with Gasteiger partial charge in [0.25, 0.3) is 0 Å². The number of carbonyl (C=O) groups is 2. The third-order valence-corrected chi connectivity index (χ3v) is 3.57. The molecule has 0 aromatic heterocycles. The van der Waals surface area contributed by atoms with Gasteiger partial charge in [0.1, 0.15) is 6.04 Å². The summed E-state index contributed by atoms with van der Waals surface area (Å²) in [6.45, 7) is 1.53. The SMILES string of the molecule is C[C@H](N)C(=O)OC1C(=O)C=CC2=C1C=C1C=CC=CC1N2. The predicted molar refractivity (Wildman–Crippen MR) is 78.0 cm³/mol. The van der Waals surface area contributed by atoms with Gasteiger partial charge in [0.2, 0.25) is 5.78 Å². The number of ketones is 1. The molecular formula is C16H16N2O3. The van der Waals surface area contributed by atoms with E-state index in [0.717, 1.165) is 11.3 Å². The molecule has 5 nitrogen and oxygen atoms in total. The Morgan fingerprint density at radius 3 is 2.90 bits per heavy atom. The van der Waals surface area contributed by atoms with Crippen molar-refractivity contribution >= 4 is 11.8 Å². The van der Waals surface area contributed by atoms with E-state index in [0.29, 0.717) is 5.57 Å². The van der Waals surface area contributed by atoms with E-state index in [1.54, 1.807) is 6.08 Å². The summed E-state index contributed by atoms with van der Waals surface area (Å²) in [5.41, 5.74) is 8.00. The number of nitrogens with two attached hydrogens (primary N) is 1. The highest BCUT2D eigenvalue weighted by Crippen LogP contribution is 2.29. The standard InChI is InChI=1S/C16H16N2O3/c1-9(17)16(20)21-15-11-8-10-4-2-3-5-12(10)18-13(11)6-7-14(15)19/h2-9,12,15,18H,17H2,1H3/t9-,12?,15?/m0/s1. The van der Waals surface area contributed by atoms with Crippen molar-refractivity contribution in [2.75, 3.05) is 0 Å². The van der Waals surface area contributed by atoms with Crippen molar-refractivity contribution in [1.82, 2.24) is 5.32 Å². The number of hydrogen-bond acceptors (Lipinski definition) is 5. The monoisotopic (exact) mass is 284 g/mol. The van der Waals surface area contributed by atoms with E-state index >= 15 is 0 Å².